The number of nitrogens with zero attached hydrogens (tertiary/aromatic N) is 3. The number of thioether (sulfide) groups is 1. The van der Waals surface area contributed by atoms with E-state index in [1.165, 1.54) is 10.6 Å². The summed E-state index contributed by atoms with van der Waals surface area (Å²) < 4.78 is 16.2. The number of carbonyl (C=O) groups is 2. The first kappa shape index (κ1) is 21.3. The molecular weight excluding hydrogens is 441 g/mol. The van der Waals surface area contributed by atoms with Gasteiger partial charge in [0, 0.05) is 11.6 Å². The number of urea groups is 1. The van der Waals surface area contributed by atoms with Crippen LogP contribution in [0.4, 0.5) is 9.18 Å². The van der Waals surface area contributed by atoms with Crippen LogP contribution in [0.2, 0.25) is 5.02 Å². The third-order valence-corrected chi connectivity index (χ3v) is 6.01. The molecule has 1 saturated carbocycles. The fourth-order valence-corrected chi connectivity index (χ4v) is 3.97. The lowest BCUT2D eigenvalue weighted by atomic mass is 10.2. The molecule has 4 rings (SSSR count). The first-order chi connectivity index (χ1) is 14.9. The Bertz CT molecular complexity index is 1130. The van der Waals surface area contributed by atoms with E-state index in [1.807, 2.05) is 0 Å². The molecule has 1 aromatic heterocycles. The Morgan fingerprint density at radius 2 is 1.87 bits per heavy atom. The highest BCUT2D eigenvalue weighted by atomic mass is 35.5. The van der Waals surface area contributed by atoms with Gasteiger partial charge in [0.1, 0.15) is 5.82 Å². The summed E-state index contributed by atoms with van der Waals surface area (Å²) >= 11 is 7.40. The molecule has 3 aromatic rings. The highest BCUT2D eigenvalue weighted by Crippen LogP contribution is 2.34. The molecule has 0 radical (unpaired) electrons. The van der Waals surface area contributed by atoms with Crippen molar-refractivity contribution >= 4 is 35.3 Å². The number of amides is 3. The van der Waals surface area contributed by atoms with Gasteiger partial charge in [-0.05, 0) is 44.0 Å². The fourth-order valence-electron chi connectivity index (χ4n) is 2.89. The molecular formula is C21H19ClFN5O2S. The van der Waals surface area contributed by atoms with Gasteiger partial charge >= 0.3 is 6.03 Å². The van der Waals surface area contributed by atoms with Gasteiger partial charge in [-0.3, -0.25) is 14.7 Å². The molecule has 0 bridgehead atoms. The predicted octanol–water partition coefficient (Wildman–Crippen LogP) is 4.20. The maximum Gasteiger partial charge on any atom is 0.321 e. The number of aromatic nitrogens is 3. The molecule has 1 unspecified atom stereocenters. The number of hydrogen-bond acceptors (Lipinski definition) is 5. The van der Waals surface area contributed by atoms with Crippen LogP contribution in [0, 0.1) is 5.82 Å². The second kappa shape index (κ2) is 9.07. The van der Waals surface area contributed by atoms with Crippen molar-refractivity contribution in [3.8, 4) is 17.1 Å². The van der Waals surface area contributed by atoms with Gasteiger partial charge < -0.3 is 5.32 Å². The average Bonchev–Trinajstić information content (AvgIpc) is 3.46. The SMILES string of the molecule is CC(Sc1nnc(-c2ccccc2Cl)n1-c1ccccc1F)C(=O)NC(=O)NC1CC1. The molecule has 10 heteroatoms. The first-order valence-corrected chi connectivity index (χ1v) is 10.9. The largest absolute Gasteiger partial charge is 0.335 e. The zero-order valence-electron chi connectivity index (χ0n) is 16.5. The van der Waals surface area contributed by atoms with Gasteiger partial charge in [0.15, 0.2) is 11.0 Å². The van der Waals surface area contributed by atoms with Crippen molar-refractivity contribution in [2.45, 2.75) is 36.2 Å². The number of hydrogen-bond donors (Lipinski definition) is 2. The molecule has 0 aliphatic heterocycles. The second-order valence-corrected chi connectivity index (χ2v) is 8.79. The van der Waals surface area contributed by atoms with Gasteiger partial charge in [0.25, 0.3) is 0 Å². The van der Waals surface area contributed by atoms with E-state index in [2.05, 4.69) is 20.8 Å². The molecule has 7 nitrogen and oxygen atoms in total. The van der Waals surface area contributed by atoms with Crippen LogP contribution in [0.15, 0.2) is 53.7 Å². The van der Waals surface area contributed by atoms with Gasteiger partial charge in [-0.1, -0.05) is 47.6 Å². The van der Waals surface area contributed by atoms with E-state index >= 15 is 0 Å². The van der Waals surface area contributed by atoms with Crippen molar-refractivity contribution in [2.24, 2.45) is 0 Å². The predicted molar refractivity (Wildman–Crippen MR) is 117 cm³/mol. The summed E-state index contributed by atoms with van der Waals surface area (Å²) in [4.78, 5) is 24.3. The molecule has 1 atom stereocenters. The number of carbonyl (C=O) groups excluding carboxylic acids is 2. The zero-order valence-corrected chi connectivity index (χ0v) is 18.1. The number of para-hydroxylation sites is 1. The highest BCUT2D eigenvalue weighted by Gasteiger charge is 2.27. The number of halogens is 2. The third-order valence-electron chi connectivity index (χ3n) is 4.64. The first-order valence-electron chi connectivity index (χ1n) is 9.67. The molecule has 0 saturated heterocycles. The van der Waals surface area contributed by atoms with Crippen molar-refractivity contribution in [1.82, 2.24) is 25.4 Å². The zero-order chi connectivity index (χ0) is 22.0. The summed E-state index contributed by atoms with van der Waals surface area (Å²) in [6, 6.07) is 12.9. The van der Waals surface area contributed by atoms with Crippen molar-refractivity contribution < 1.29 is 14.0 Å². The number of rotatable bonds is 6. The van der Waals surface area contributed by atoms with Crippen LogP contribution in [0.5, 0.6) is 0 Å². The lowest BCUT2D eigenvalue weighted by molar-refractivity contribution is -0.119. The minimum Gasteiger partial charge on any atom is -0.335 e. The normalized spacial score (nSPS) is 14.2. The Balaban J connectivity index is 1.64. The van der Waals surface area contributed by atoms with Gasteiger partial charge in [-0.15, -0.1) is 10.2 Å². The number of imide groups is 1. The van der Waals surface area contributed by atoms with Crippen molar-refractivity contribution in [3.05, 3.63) is 59.4 Å². The van der Waals surface area contributed by atoms with Crippen LogP contribution in [-0.2, 0) is 4.79 Å². The summed E-state index contributed by atoms with van der Waals surface area (Å²) in [5.41, 5.74) is 0.802. The molecule has 2 aromatic carbocycles. The highest BCUT2D eigenvalue weighted by molar-refractivity contribution is 8.00. The second-order valence-electron chi connectivity index (χ2n) is 7.07. The maximum absolute atomic E-state index is 14.7. The Hall–Kier alpha value is -2.91. The molecule has 3 amide bonds. The van der Waals surface area contributed by atoms with E-state index in [1.54, 1.807) is 49.4 Å². The smallest absolute Gasteiger partial charge is 0.321 e. The lowest BCUT2D eigenvalue weighted by Gasteiger charge is -2.14. The molecule has 31 heavy (non-hydrogen) atoms. The Morgan fingerprint density at radius 1 is 1.16 bits per heavy atom. The summed E-state index contributed by atoms with van der Waals surface area (Å²) in [5, 5.41) is 13.5. The Labute approximate surface area is 187 Å². The van der Waals surface area contributed by atoms with Crippen molar-refractivity contribution in [3.63, 3.8) is 0 Å². The summed E-state index contributed by atoms with van der Waals surface area (Å²) in [6.07, 6.45) is 1.84. The maximum atomic E-state index is 14.7. The van der Waals surface area contributed by atoms with E-state index < -0.39 is 23.0 Å². The number of nitrogens with one attached hydrogen (secondary N) is 2. The van der Waals surface area contributed by atoms with Gasteiger partial charge in [0.05, 0.1) is 16.0 Å². The summed E-state index contributed by atoms with van der Waals surface area (Å²) in [6.45, 7) is 1.64. The molecule has 1 heterocycles. The van der Waals surface area contributed by atoms with Crippen LogP contribution >= 0.6 is 23.4 Å². The third kappa shape index (κ3) is 4.88. The van der Waals surface area contributed by atoms with E-state index in [0.29, 0.717) is 21.6 Å². The van der Waals surface area contributed by atoms with Gasteiger partial charge in [-0.2, -0.15) is 0 Å². The summed E-state index contributed by atoms with van der Waals surface area (Å²) in [5.74, 6) is -0.610. The molecule has 1 fully saturated rings. The average molecular weight is 460 g/mol. The summed E-state index contributed by atoms with van der Waals surface area (Å²) in [7, 11) is 0. The van der Waals surface area contributed by atoms with Crippen LogP contribution in [0.25, 0.3) is 17.1 Å². The molecule has 0 spiro atoms. The van der Waals surface area contributed by atoms with Crippen LogP contribution in [0.1, 0.15) is 19.8 Å². The van der Waals surface area contributed by atoms with Gasteiger partial charge in [-0.25, -0.2) is 9.18 Å². The standard InChI is InChI=1S/C21H19ClFN5O2S/c1-12(19(29)25-20(30)24-13-10-11-13)31-21-27-26-18(14-6-2-3-7-15(14)22)28(21)17-9-5-4-8-16(17)23/h2-9,12-13H,10-11H2,1H3,(H2,24,25,29,30). The number of benzene rings is 2. The monoisotopic (exact) mass is 459 g/mol. The van der Waals surface area contributed by atoms with E-state index in [9.17, 15) is 14.0 Å². The molecule has 1 aliphatic rings. The van der Waals surface area contributed by atoms with E-state index in [4.69, 9.17) is 11.6 Å². The minimum atomic E-state index is -0.682. The minimum absolute atomic E-state index is 0.137. The van der Waals surface area contributed by atoms with Crippen LogP contribution < -0.4 is 10.6 Å². The van der Waals surface area contributed by atoms with Gasteiger partial charge in [0.2, 0.25) is 5.91 Å². The van der Waals surface area contributed by atoms with Crippen LogP contribution in [0.3, 0.4) is 0 Å². The quantitative estimate of drug-likeness (QED) is 0.539. The van der Waals surface area contributed by atoms with Crippen LogP contribution in [-0.4, -0.2) is 38.0 Å². The Morgan fingerprint density at radius 3 is 2.58 bits per heavy atom. The van der Waals surface area contributed by atoms with Crippen molar-refractivity contribution in [2.75, 3.05) is 0 Å². The Kier molecular flexibility index (Phi) is 6.24. The molecule has 2 N–H and O–H groups in total. The lowest BCUT2D eigenvalue weighted by Crippen LogP contribution is -2.43. The molecule has 1 aliphatic carbocycles. The fraction of sp³-hybridized carbons (Fsp3) is 0.238. The molecule has 160 valence electrons. The van der Waals surface area contributed by atoms with E-state index in [-0.39, 0.29) is 11.7 Å². The topological polar surface area (TPSA) is 88.9 Å². The van der Waals surface area contributed by atoms with Crippen molar-refractivity contribution in [1.29, 1.82) is 0 Å². The van der Waals surface area contributed by atoms with E-state index in [0.717, 1.165) is 24.6 Å².